The topological polar surface area (TPSA) is 37.3 Å². The zero-order chi connectivity index (χ0) is 24.3. The Morgan fingerprint density at radius 3 is 1.79 bits per heavy atom. The number of aliphatic carboxylic acids is 1. The second-order valence-electron chi connectivity index (χ2n) is 12.9. The van der Waals surface area contributed by atoms with E-state index < -0.39 is 11.4 Å². The highest BCUT2D eigenvalue weighted by Crippen LogP contribution is 2.64. The van der Waals surface area contributed by atoms with Crippen LogP contribution in [0.5, 0.6) is 0 Å². The maximum atomic E-state index is 13.0. The van der Waals surface area contributed by atoms with Gasteiger partial charge in [0.05, 0.1) is 5.41 Å². The molecule has 0 aromatic heterocycles. The number of carboxylic acids is 1. The maximum Gasteiger partial charge on any atom is 0.310 e. The van der Waals surface area contributed by atoms with Crippen LogP contribution in [0, 0.1) is 22.2 Å². The van der Waals surface area contributed by atoms with Gasteiger partial charge in [-0.1, -0.05) is 110 Å². The average molecular weight is 475 g/mol. The first-order valence-corrected chi connectivity index (χ1v) is 15.8. The zero-order valence-electron chi connectivity index (χ0n) is 23.1. The third kappa shape index (κ3) is 6.42. The van der Waals surface area contributed by atoms with E-state index in [0.29, 0.717) is 5.41 Å². The molecule has 3 fully saturated rings. The predicted octanol–water partition coefficient (Wildman–Crippen LogP) is 10.5. The maximum absolute atomic E-state index is 13.0. The molecule has 0 aliphatic heterocycles. The molecule has 0 spiro atoms. The first-order chi connectivity index (χ1) is 16.5. The summed E-state index contributed by atoms with van der Waals surface area (Å²) in [6, 6.07) is 0. The molecule has 3 rings (SSSR count). The summed E-state index contributed by atoms with van der Waals surface area (Å²) >= 11 is 0. The van der Waals surface area contributed by atoms with E-state index in [1.807, 2.05) is 0 Å². The fourth-order valence-corrected chi connectivity index (χ4v) is 8.87. The quantitative estimate of drug-likeness (QED) is 0.254. The van der Waals surface area contributed by atoms with Crippen molar-refractivity contribution in [2.75, 3.05) is 0 Å². The number of hydrogen-bond donors (Lipinski definition) is 1. The van der Waals surface area contributed by atoms with E-state index >= 15 is 0 Å². The van der Waals surface area contributed by atoms with E-state index in [1.54, 1.807) is 0 Å². The molecule has 34 heavy (non-hydrogen) atoms. The highest BCUT2D eigenvalue weighted by Gasteiger charge is 2.59. The van der Waals surface area contributed by atoms with Crippen LogP contribution >= 0.6 is 0 Å². The Labute approximate surface area is 212 Å². The van der Waals surface area contributed by atoms with Gasteiger partial charge in [-0.25, -0.2) is 0 Å². The minimum atomic E-state index is -0.436. The van der Waals surface area contributed by atoms with Crippen molar-refractivity contribution in [1.82, 2.24) is 0 Å². The van der Waals surface area contributed by atoms with Crippen molar-refractivity contribution < 1.29 is 9.90 Å². The molecule has 3 aliphatic rings. The monoisotopic (exact) mass is 474 g/mol. The molecule has 198 valence electrons. The van der Waals surface area contributed by atoms with Crippen molar-refractivity contribution in [3.63, 3.8) is 0 Å². The molecule has 0 heterocycles. The van der Waals surface area contributed by atoms with Crippen LogP contribution in [0.2, 0.25) is 0 Å². The molecule has 0 radical (unpaired) electrons. The molecular weight excluding hydrogens is 416 g/mol. The average Bonchev–Trinajstić information content (AvgIpc) is 2.88. The largest absolute Gasteiger partial charge is 0.481 e. The lowest BCUT2D eigenvalue weighted by atomic mass is 9.46. The van der Waals surface area contributed by atoms with Crippen molar-refractivity contribution in [2.24, 2.45) is 22.2 Å². The second-order valence-corrected chi connectivity index (χ2v) is 12.9. The summed E-state index contributed by atoms with van der Waals surface area (Å²) in [5.41, 5.74) is 0.151. The van der Waals surface area contributed by atoms with Gasteiger partial charge in [-0.3, -0.25) is 4.79 Å². The normalized spacial score (nSPS) is 30.3. The van der Waals surface area contributed by atoms with Crippen LogP contribution in [-0.4, -0.2) is 11.1 Å². The van der Waals surface area contributed by atoms with Gasteiger partial charge in [0.2, 0.25) is 0 Å². The number of carboxylic acid groups (broad SMARTS) is 1. The molecule has 0 saturated heterocycles. The number of carbonyl (C=O) groups is 1. The molecule has 0 atom stereocenters. The first-order valence-electron chi connectivity index (χ1n) is 15.8. The summed E-state index contributed by atoms with van der Waals surface area (Å²) in [5, 5.41) is 10.7. The Bertz CT molecular complexity index is 574. The molecule has 2 nitrogen and oxygen atoms in total. The van der Waals surface area contributed by atoms with Gasteiger partial charge in [-0.2, -0.15) is 0 Å². The van der Waals surface area contributed by atoms with E-state index in [9.17, 15) is 9.90 Å². The van der Waals surface area contributed by atoms with Gasteiger partial charge in [0.1, 0.15) is 0 Å². The summed E-state index contributed by atoms with van der Waals surface area (Å²) < 4.78 is 0. The van der Waals surface area contributed by atoms with Gasteiger partial charge in [0, 0.05) is 0 Å². The summed E-state index contributed by atoms with van der Waals surface area (Å²) in [6.45, 7) is 4.62. The van der Waals surface area contributed by atoms with Crippen LogP contribution < -0.4 is 0 Å². The molecule has 1 N–H and O–H groups in total. The lowest BCUT2D eigenvalue weighted by Crippen LogP contribution is -2.53. The van der Waals surface area contributed by atoms with Gasteiger partial charge in [0.15, 0.2) is 0 Å². The van der Waals surface area contributed by atoms with Gasteiger partial charge >= 0.3 is 5.97 Å². The SMILES string of the molecule is CCCCCCCCC1(C2(C(=O)O)CCCCC2)CCC(CCCCC)(C2CCCCC2)CC1. The van der Waals surface area contributed by atoms with Gasteiger partial charge in [-0.15, -0.1) is 0 Å². The molecule has 2 heteroatoms. The van der Waals surface area contributed by atoms with E-state index in [2.05, 4.69) is 13.8 Å². The third-order valence-corrected chi connectivity index (χ3v) is 11.1. The number of hydrogen-bond acceptors (Lipinski definition) is 1. The summed E-state index contributed by atoms with van der Waals surface area (Å²) in [7, 11) is 0. The standard InChI is InChI=1S/C32H58O2/c1-3-5-7-8-9-15-21-31(32(29(33)34)22-16-11-17-23-32)26-24-30(25-27-31,20-14-6-4-2)28-18-12-10-13-19-28/h28H,3-27H2,1-2H3,(H,33,34). The minimum Gasteiger partial charge on any atom is -0.481 e. The smallest absolute Gasteiger partial charge is 0.310 e. The second kappa shape index (κ2) is 13.7. The summed E-state index contributed by atoms with van der Waals surface area (Å²) in [6.07, 6.45) is 32.2. The van der Waals surface area contributed by atoms with Crippen LogP contribution in [0.4, 0.5) is 0 Å². The molecule has 3 saturated carbocycles. The van der Waals surface area contributed by atoms with Crippen molar-refractivity contribution in [3.8, 4) is 0 Å². The van der Waals surface area contributed by atoms with Crippen LogP contribution in [0.1, 0.15) is 174 Å². The Morgan fingerprint density at radius 2 is 1.18 bits per heavy atom. The molecule has 0 amide bonds. The highest BCUT2D eigenvalue weighted by molar-refractivity contribution is 5.76. The lowest BCUT2D eigenvalue weighted by molar-refractivity contribution is -0.171. The first kappa shape index (κ1) is 28.0. The van der Waals surface area contributed by atoms with E-state index in [1.165, 1.54) is 135 Å². The Balaban J connectivity index is 1.78. The van der Waals surface area contributed by atoms with Crippen molar-refractivity contribution >= 4 is 5.97 Å². The molecule has 0 aromatic rings. The molecule has 0 aromatic carbocycles. The fraction of sp³-hybridized carbons (Fsp3) is 0.969. The van der Waals surface area contributed by atoms with Gasteiger partial charge in [-0.05, 0) is 81.0 Å². The molecule has 0 unspecified atom stereocenters. The Morgan fingerprint density at radius 1 is 0.647 bits per heavy atom. The molecular formula is C32H58O2. The van der Waals surface area contributed by atoms with Crippen molar-refractivity contribution in [1.29, 1.82) is 0 Å². The predicted molar refractivity (Wildman–Crippen MR) is 145 cm³/mol. The molecule has 3 aliphatic carbocycles. The highest BCUT2D eigenvalue weighted by atomic mass is 16.4. The lowest BCUT2D eigenvalue weighted by Gasteiger charge is -2.58. The third-order valence-electron chi connectivity index (χ3n) is 11.1. The van der Waals surface area contributed by atoms with Gasteiger partial charge < -0.3 is 5.11 Å². The number of unbranched alkanes of at least 4 members (excludes halogenated alkanes) is 7. The fourth-order valence-electron chi connectivity index (χ4n) is 8.87. The van der Waals surface area contributed by atoms with E-state index in [-0.39, 0.29) is 5.41 Å². The van der Waals surface area contributed by atoms with Crippen molar-refractivity contribution in [3.05, 3.63) is 0 Å². The van der Waals surface area contributed by atoms with Gasteiger partial charge in [0.25, 0.3) is 0 Å². The van der Waals surface area contributed by atoms with E-state index in [0.717, 1.165) is 31.6 Å². The molecule has 0 bridgehead atoms. The minimum absolute atomic E-state index is 0.0624. The van der Waals surface area contributed by atoms with Crippen LogP contribution in [0.3, 0.4) is 0 Å². The summed E-state index contributed by atoms with van der Waals surface area (Å²) in [4.78, 5) is 13.0. The van der Waals surface area contributed by atoms with Crippen molar-refractivity contribution in [2.45, 2.75) is 174 Å². The van der Waals surface area contributed by atoms with Crippen LogP contribution in [-0.2, 0) is 4.79 Å². The number of rotatable bonds is 14. The van der Waals surface area contributed by atoms with Crippen LogP contribution in [0.25, 0.3) is 0 Å². The Kier molecular flexibility index (Phi) is 11.3. The zero-order valence-corrected chi connectivity index (χ0v) is 23.1. The van der Waals surface area contributed by atoms with Crippen LogP contribution in [0.15, 0.2) is 0 Å². The summed E-state index contributed by atoms with van der Waals surface area (Å²) in [5.74, 6) is 0.478. The van der Waals surface area contributed by atoms with E-state index in [4.69, 9.17) is 0 Å². The Hall–Kier alpha value is -0.530.